The molecule has 0 fully saturated rings. The van der Waals surface area contributed by atoms with Crippen LogP contribution >= 0.6 is 0 Å². The Morgan fingerprint density at radius 2 is 1.85 bits per heavy atom. The molecule has 0 aliphatic rings. The monoisotopic (exact) mass is 363 g/mol. The SMILES string of the molecule is Cc1ccccc1CNC(=O)c1ccnc(NCCc2ccc(F)cc2)c1. The lowest BCUT2D eigenvalue weighted by molar-refractivity contribution is 0.0951. The summed E-state index contributed by atoms with van der Waals surface area (Å²) in [4.78, 5) is 16.7. The number of nitrogens with zero attached hydrogens (tertiary/aromatic N) is 1. The first-order valence-electron chi connectivity index (χ1n) is 8.89. The second kappa shape index (κ2) is 8.94. The number of pyridine rings is 1. The third-order valence-electron chi connectivity index (χ3n) is 4.36. The average Bonchev–Trinajstić information content (AvgIpc) is 2.69. The van der Waals surface area contributed by atoms with Crippen LogP contribution < -0.4 is 10.6 Å². The highest BCUT2D eigenvalue weighted by Crippen LogP contribution is 2.10. The fourth-order valence-corrected chi connectivity index (χ4v) is 2.74. The van der Waals surface area contributed by atoms with E-state index in [0.717, 1.165) is 23.1 Å². The van der Waals surface area contributed by atoms with Gasteiger partial charge in [0, 0.05) is 24.8 Å². The fourth-order valence-electron chi connectivity index (χ4n) is 2.74. The van der Waals surface area contributed by atoms with Crippen LogP contribution in [0.3, 0.4) is 0 Å². The molecule has 2 N–H and O–H groups in total. The van der Waals surface area contributed by atoms with Gasteiger partial charge in [-0.25, -0.2) is 9.37 Å². The molecule has 0 unspecified atom stereocenters. The molecule has 138 valence electrons. The number of hydrogen-bond donors (Lipinski definition) is 2. The van der Waals surface area contributed by atoms with Gasteiger partial charge in [0.1, 0.15) is 11.6 Å². The maximum atomic E-state index is 12.9. The number of halogens is 1. The molecule has 4 nitrogen and oxygen atoms in total. The van der Waals surface area contributed by atoms with Crippen LogP contribution in [0.25, 0.3) is 0 Å². The molecule has 5 heteroatoms. The van der Waals surface area contributed by atoms with Gasteiger partial charge in [0.15, 0.2) is 0 Å². The topological polar surface area (TPSA) is 54.0 Å². The maximum absolute atomic E-state index is 12.9. The van der Waals surface area contributed by atoms with Crippen LogP contribution in [0.4, 0.5) is 10.2 Å². The number of carbonyl (C=O) groups is 1. The third kappa shape index (κ3) is 5.38. The summed E-state index contributed by atoms with van der Waals surface area (Å²) in [5.74, 6) is 0.265. The van der Waals surface area contributed by atoms with E-state index in [9.17, 15) is 9.18 Å². The molecular weight excluding hydrogens is 341 g/mol. The van der Waals surface area contributed by atoms with Crippen molar-refractivity contribution >= 4 is 11.7 Å². The molecule has 0 bridgehead atoms. The van der Waals surface area contributed by atoms with E-state index in [2.05, 4.69) is 15.6 Å². The lowest BCUT2D eigenvalue weighted by Gasteiger charge is -2.10. The van der Waals surface area contributed by atoms with Gasteiger partial charge in [0.05, 0.1) is 0 Å². The summed E-state index contributed by atoms with van der Waals surface area (Å²) in [5.41, 5.74) is 3.84. The summed E-state index contributed by atoms with van der Waals surface area (Å²) < 4.78 is 12.9. The van der Waals surface area contributed by atoms with Crippen LogP contribution in [0.1, 0.15) is 27.0 Å². The van der Waals surface area contributed by atoms with E-state index in [4.69, 9.17) is 0 Å². The summed E-state index contributed by atoms with van der Waals surface area (Å²) >= 11 is 0. The lowest BCUT2D eigenvalue weighted by atomic mass is 10.1. The number of aromatic nitrogens is 1. The van der Waals surface area contributed by atoms with Gasteiger partial charge in [-0.1, -0.05) is 36.4 Å². The van der Waals surface area contributed by atoms with E-state index >= 15 is 0 Å². The molecule has 0 aliphatic carbocycles. The molecule has 3 aromatic rings. The predicted molar refractivity (Wildman–Crippen MR) is 105 cm³/mol. The van der Waals surface area contributed by atoms with Crippen LogP contribution in [0.15, 0.2) is 66.9 Å². The molecule has 0 saturated heterocycles. The van der Waals surface area contributed by atoms with Gasteiger partial charge in [-0.15, -0.1) is 0 Å². The van der Waals surface area contributed by atoms with Crippen LogP contribution in [0, 0.1) is 12.7 Å². The molecule has 0 saturated carbocycles. The number of anilines is 1. The van der Waals surface area contributed by atoms with Crippen molar-refractivity contribution in [2.24, 2.45) is 0 Å². The van der Waals surface area contributed by atoms with Crippen molar-refractivity contribution in [3.63, 3.8) is 0 Å². The van der Waals surface area contributed by atoms with Gasteiger partial charge in [-0.2, -0.15) is 0 Å². The minimum Gasteiger partial charge on any atom is -0.370 e. The van der Waals surface area contributed by atoms with Gasteiger partial charge < -0.3 is 10.6 Å². The second-order valence-corrected chi connectivity index (χ2v) is 6.34. The summed E-state index contributed by atoms with van der Waals surface area (Å²) in [6.45, 7) is 3.16. The van der Waals surface area contributed by atoms with Crippen LogP contribution in [0.5, 0.6) is 0 Å². The van der Waals surface area contributed by atoms with E-state index in [0.29, 0.717) is 24.5 Å². The fraction of sp³-hybridized carbons (Fsp3) is 0.182. The number of hydrogen-bond acceptors (Lipinski definition) is 3. The highest BCUT2D eigenvalue weighted by molar-refractivity contribution is 5.94. The van der Waals surface area contributed by atoms with Gasteiger partial charge in [0.25, 0.3) is 5.91 Å². The summed E-state index contributed by atoms with van der Waals surface area (Å²) in [5, 5.41) is 6.14. The highest BCUT2D eigenvalue weighted by atomic mass is 19.1. The Bertz CT molecular complexity index is 909. The molecule has 2 aromatic carbocycles. The van der Waals surface area contributed by atoms with E-state index in [1.54, 1.807) is 30.5 Å². The predicted octanol–water partition coefficient (Wildman–Crippen LogP) is 4.11. The number of carbonyl (C=O) groups excluding carboxylic acids is 1. The summed E-state index contributed by atoms with van der Waals surface area (Å²) in [6.07, 6.45) is 2.36. The molecule has 1 heterocycles. The Labute approximate surface area is 158 Å². The van der Waals surface area contributed by atoms with Crippen molar-refractivity contribution in [2.45, 2.75) is 19.9 Å². The first-order chi connectivity index (χ1) is 13.1. The lowest BCUT2D eigenvalue weighted by Crippen LogP contribution is -2.23. The van der Waals surface area contributed by atoms with E-state index in [-0.39, 0.29) is 11.7 Å². The zero-order chi connectivity index (χ0) is 19.1. The Kier molecular flexibility index (Phi) is 6.15. The van der Waals surface area contributed by atoms with Crippen molar-refractivity contribution in [1.82, 2.24) is 10.3 Å². The zero-order valence-electron chi connectivity index (χ0n) is 15.2. The number of aryl methyl sites for hydroxylation is 1. The van der Waals surface area contributed by atoms with Crippen molar-refractivity contribution < 1.29 is 9.18 Å². The average molecular weight is 363 g/mol. The minimum absolute atomic E-state index is 0.137. The Morgan fingerprint density at radius 1 is 1.07 bits per heavy atom. The summed E-state index contributed by atoms with van der Waals surface area (Å²) in [7, 11) is 0. The van der Waals surface area contributed by atoms with Gasteiger partial charge in [-0.3, -0.25) is 4.79 Å². The summed E-state index contributed by atoms with van der Waals surface area (Å²) in [6, 6.07) is 17.8. The first kappa shape index (κ1) is 18.6. The second-order valence-electron chi connectivity index (χ2n) is 6.34. The van der Waals surface area contributed by atoms with Gasteiger partial charge >= 0.3 is 0 Å². The number of benzene rings is 2. The van der Waals surface area contributed by atoms with Crippen LogP contribution in [-0.4, -0.2) is 17.4 Å². The quantitative estimate of drug-likeness (QED) is 0.664. The van der Waals surface area contributed by atoms with E-state index in [1.807, 2.05) is 31.2 Å². The third-order valence-corrected chi connectivity index (χ3v) is 4.36. The Balaban J connectivity index is 1.53. The Hall–Kier alpha value is -3.21. The van der Waals surface area contributed by atoms with Crippen LogP contribution in [-0.2, 0) is 13.0 Å². The Morgan fingerprint density at radius 3 is 2.63 bits per heavy atom. The number of rotatable bonds is 7. The van der Waals surface area contributed by atoms with Crippen LogP contribution in [0.2, 0.25) is 0 Å². The molecule has 27 heavy (non-hydrogen) atoms. The highest BCUT2D eigenvalue weighted by Gasteiger charge is 2.07. The number of nitrogens with one attached hydrogen (secondary N) is 2. The van der Waals surface area contributed by atoms with Crippen molar-refractivity contribution in [1.29, 1.82) is 0 Å². The normalized spacial score (nSPS) is 10.4. The smallest absolute Gasteiger partial charge is 0.251 e. The molecule has 1 amide bonds. The maximum Gasteiger partial charge on any atom is 0.251 e. The van der Waals surface area contributed by atoms with Gasteiger partial charge in [0.2, 0.25) is 0 Å². The van der Waals surface area contributed by atoms with Gasteiger partial charge in [-0.05, 0) is 54.3 Å². The first-order valence-corrected chi connectivity index (χ1v) is 8.89. The van der Waals surface area contributed by atoms with E-state index < -0.39 is 0 Å². The molecule has 0 radical (unpaired) electrons. The van der Waals surface area contributed by atoms with E-state index in [1.165, 1.54) is 12.1 Å². The zero-order valence-corrected chi connectivity index (χ0v) is 15.2. The number of amides is 1. The van der Waals surface area contributed by atoms with Crippen molar-refractivity contribution in [3.05, 3.63) is 94.9 Å². The largest absolute Gasteiger partial charge is 0.370 e. The van der Waals surface area contributed by atoms with Crippen molar-refractivity contribution in [3.8, 4) is 0 Å². The molecule has 0 atom stereocenters. The molecule has 3 rings (SSSR count). The minimum atomic E-state index is -0.238. The van der Waals surface area contributed by atoms with Crippen molar-refractivity contribution in [2.75, 3.05) is 11.9 Å². The molecule has 0 aliphatic heterocycles. The molecule has 0 spiro atoms. The molecular formula is C22H22FN3O. The standard InChI is InChI=1S/C22H22FN3O/c1-16-4-2-3-5-19(16)15-26-22(27)18-11-13-25-21(14-18)24-12-10-17-6-8-20(23)9-7-17/h2-9,11,13-14H,10,12,15H2,1H3,(H,24,25)(H,26,27). The molecule has 1 aromatic heterocycles.